The number of fused-ring (bicyclic) bond motifs is 2. The molecule has 8 heteroatoms. The molecule has 1 amide bonds. The Morgan fingerprint density at radius 2 is 1.96 bits per heavy atom. The maximum Gasteiger partial charge on any atom is 0.322 e. The highest BCUT2D eigenvalue weighted by Gasteiger charge is 2.55. The first kappa shape index (κ1) is 17.6. The highest BCUT2D eigenvalue weighted by molar-refractivity contribution is 6.35. The van der Waals surface area contributed by atoms with Crippen LogP contribution in [0.1, 0.15) is 28.8 Å². The van der Waals surface area contributed by atoms with Crippen molar-refractivity contribution in [2.24, 2.45) is 5.92 Å². The third-order valence-electron chi connectivity index (χ3n) is 4.78. The number of carbonyl (C=O) groups is 4. The first-order chi connectivity index (χ1) is 11.9. The lowest BCUT2D eigenvalue weighted by atomic mass is 9.61. The van der Waals surface area contributed by atoms with E-state index < -0.39 is 41.3 Å². The molecule has 3 rings (SSSR count). The van der Waals surface area contributed by atoms with Crippen molar-refractivity contribution < 1.29 is 29.0 Å². The summed E-state index contributed by atoms with van der Waals surface area (Å²) in [6.07, 6.45) is 0.636. The number of amides is 1. The van der Waals surface area contributed by atoms with Gasteiger partial charge in [-0.15, -0.1) is 0 Å². The van der Waals surface area contributed by atoms with Crippen LogP contribution in [0, 0.1) is 5.92 Å². The van der Waals surface area contributed by atoms with Crippen LogP contribution in [-0.2, 0) is 24.5 Å². The number of carboxylic acids is 1. The SMILES string of the molecule is O=C(O)CNC(=O)C1C(=O)c2cccc(Cl)c2C2(CCOCC2)C1=O. The Labute approximate surface area is 148 Å². The molecule has 0 bridgehead atoms. The third kappa shape index (κ3) is 2.83. The van der Waals surface area contributed by atoms with E-state index in [0.717, 1.165) is 0 Å². The summed E-state index contributed by atoms with van der Waals surface area (Å²) in [4.78, 5) is 49.0. The number of halogens is 1. The van der Waals surface area contributed by atoms with Crippen molar-refractivity contribution in [3.05, 3.63) is 34.3 Å². The van der Waals surface area contributed by atoms with Gasteiger partial charge in [0.25, 0.3) is 0 Å². The molecule has 2 aliphatic rings. The van der Waals surface area contributed by atoms with Gasteiger partial charge in [0.2, 0.25) is 5.91 Å². The van der Waals surface area contributed by atoms with E-state index in [0.29, 0.717) is 36.6 Å². The quantitative estimate of drug-likeness (QED) is 0.772. The molecule has 1 spiro atoms. The number of ether oxygens (including phenoxy) is 1. The minimum atomic E-state index is -1.57. The highest BCUT2D eigenvalue weighted by Crippen LogP contribution is 2.46. The van der Waals surface area contributed by atoms with Crippen LogP contribution in [0.3, 0.4) is 0 Å². The van der Waals surface area contributed by atoms with Crippen LogP contribution >= 0.6 is 11.6 Å². The zero-order valence-electron chi connectivity index (χ0n) is 13.2. The molecule has 1 fully saturated rings. The summed E-state index contributed by atoms with van der Waals surface area (Å²) in [7, 11) is 0. The average Bonchev–Trinajstić information content (AvgIpc) is 2.59. The average molecular weight is 366 g/mol. The Morgan fingerprint density at radius 3 is 2.60 bits per heavy atom. The van der Waals surface area contributed by atoms with E-state index in [1.54, 1.807) is 18.2 Å². The van der Waals surface area contributed by atoms with E-state index in [2.05, 4.69) is 5.32 Å². The first-order valence-corrected chi connectivity index (χ1v) is 8.21. The number of aliphatic carboxylic acids is 1. The van der Waals surface area contributed by atoms with E-state index >= 15 is 0 Å². The molecule has 1 aromatic rings. The molecular weight excluding hydrogens is 350 g/mol. The van der Waals surface area contributed by atoms with Gasteiger partial charge in [-0.2, -0.15) is 0 Å². The molecule has 0 aromatic heterocycles. The zero-order valence-corrected chi connectivity index (χ0v) is 14.0. The minimum absolute atomic E-state index is 0.240. The topological polar surface area (TPSA) is 110 Å². The second-order valence-electron chi connectivity index (χ2n) is 6.13. The lowest BCUT2D eigenvalue weighted by molar-refractivity contribution is -0.142. The summed E-state index contributed by atoms with van der Waals surface area (Å²) in [5, 5.41) is 11.2. The first-order valence-electron chi connectivity index (χ1n) is 7.83. The number of ketones is 2. The Hall–Kier alpha value is -2.25. The van der Waals surface area contributed by atoms with Crippen molar-refractivity contribution in [3.8, 4) is 0 Å². The van der Waals surface area contributed by atoms with Crippen molar-refractivity contribution >= 4 is 35.0 Å². The molecule has 132 valence electrons. The normalized spacial score (nSPS) is 21.7. The number of hydrogen-bond acceptors (Lipinski definition) is 5. The Kier molecular flexibility index (Phi) is 4.62. The fourth-order valence-electron chi connectivity index (χ4n) is 3.61. The van der Waals surface area contributed by atoms with Crippen molar-refractivity contribution in [1.29, 1.82) is 0 Å². The molecule has 1 atom stereocenters. The second kappa shape index (κ2) is 6.57. The summed E-state index contributed by atoms with van der Waals surface area (Å²) in [6.45, 7) is -0.0312. The summed E-state index contributed by atoms with van der Waals surface area (Å²) in [6, 6.07) is 4.75. The molecule has 1 aliphatic heterocycles. The van der Waals surface area contributed by atoms with Crippen LogP contribution in [0.2, 0.25) is 5.02 Å². The number of rotatable bonds is 3. The van der Waals surface area contributed by atoms with Crippen molar-refractivity contribution in [2.75, 3.05) is 19.8 Å². The molecule has 7 nitrogen and oxygen atoms in total. The van der Waals surface area contributed by atoms with Crippen LogP contribution < -0.4 is 5.32 Å². The van der Waals surface area contributed by atoms with E-state index in [9.17, 15) is 19.2 Å². The van der Waals surface area contributed by atoms with Gasteiger partial charge >= 0.3 is 5.97 Å². The molecule has 1 aromatic carbocycles. The van der Waals surface area contributed by atoms with E-state index in [-0.39, 0.29) is 5.56 Å². The van der Waals surface area contributed by atoms with Crippen LogP contribution in [0.5, 0.6) is 0 Å². The number of nitrogens with one attached hydrogen (secondary N) is 1. The molecule has 1 unspecified atom stereocenters. The van der Waals surface area contributed by atoms with Gasteiger partial charge in [-0.05, 0) is 24.5 Å². The summed E-state index contributed by atoms with van der Waals surface area (Å²) < 4.78 is 5.34. The van der Waals surface area contributed by atoms with E-state index in [1.165, 1.54) is 0 Å². The summed E-state index contributed by atoms with van der Waals surface area (Å²) >= 11 is 6.30. The molecule has 2 N–H and O–H groups in total. The van der Waals surface area contributed by atoms with E-state index in [1.807, 2.05) is 0 Å². The van der Waals surface area contributed by atoms with Crippen LogP contribution in [0.4, 0.5) is 0 Å². The van der Waals surface area contributed by atoms with Crippen LogP contribution in [-0.4, -0.2) is 48.3 Å². The number of Topliss-reactive ketones (excluding diaryl/α,β-unsaturated/α-hetero) is 2. The Bertz CT molecular complexity index is 768. The van der Waals surface area contributed by atoms with Gasteiger partial charge in [0, 0.05) is 23.8 Å². The highest BCUT2D eigenvalue weighted by atomic mass is 35.5. The smallest absolute Gasteiger partial charge is 0.322 e. The van der Waals surface area contributed by atoms with Crippen molar-refractivity contribution in [2.45, 2.75) is 18.3 Å². The number of hydrogen-bond donors (Lipinski definition) is 2. The number of carboxylic acid groups (broad SMARTS) is 1. The maximum absolute atomic E-state index is 13.2. The van der Waals surface area contributed by atoms with Gasteiger partial charge in [0.05, 0.1) is 5.41 Å². The van der Waals surface area contributed by atoms with Crippen LogP contribution in [0.25, 0.3) is 0 Å². The number of carbonyl (C=O) groups excluding carboxylic acids is 3. The zero-order chi connectivity index (χ0) is 18.2. The van der Waals surface area contributed by atoms with Gasteiger partial charge in [-0.25, -0.2) is 0 Å². The Morgan fingerprint density at radius 1 is 1.28 bits per heavy atom. The van der Waals surface area contributed by atoms with Gasteiger partial charge in [0.1, 0.15) is 6.54 Å². The fourth-order valence-corrected chi connectivity index (χ4v) is 3.96. The van der Waals surface area contributed by atoms with Gasteiger partial charge in [-0.3, -0.25) is 19.2 Å². The maximum atomic E-state index is 13.2. The lowest BCUT2D eigenvalue weighted by Gasteiger charge is -2.42. The van der Waals surface area contributed by atoms with E-state index in [4.69, 9.17) is 21.4 Å². The van der Waals surface area contributed by atoms with Crippen molar-refractivity contribution in [1.82, 2.24) is 5.32 Å². The molecule has 0 saturated carbocycles. The van der Waals surface area contributed by atoms with Gasteiger partial charge < -0.3 is 15.2 Å². The molecule has 1 heterocycles. The third-order valence-corrected chi connectivity index (χ3v) is 5.09. The second-order valence-corrected chi connectivity index (χ2v) is 6.54. The minimum Gasteiger partial charge on any atom is -0.480 e. The standard InChI is InChI=1S/C17H16ClNO6/c18-10-3-1-2-9-13(10)17(4-6-25-7-5-17)15(23)12(14(9)22)16(24)19-8-11(20)21/h1-3,12H,4-8H2,(H,19,24)(H,20,21). The lowest BCUT2D eigenvalue weighted by Crippen LogP contribution is -2.55. The predicted octanol–water partition coefficient (Wildman–Crippen LogP) is 0.971. The monoisotopic (exact) mass is 365 g/mol. The predicted molar refractivity (Wildman–Crippen MR) is 86.7 cm³/mol. The molecular formula is C17H16ClNO6. The van der Waals surface area contributed by atoms with Gasteiger partial charge in [-0.1, -0.05) is 23.7 Å². The molecule has 1 aliphatic carbocycles. The fraction of sp³-hybridized carbons (Fsp3) is 0.412. The molecule has 0 radical (unpaired) electrons. The van der Waals surface area contributed by atoms with Crippen molar-refractivity contribution in [3.63, 3.8) is 0 Å². The number of benzene rings is 1. The summed E-state index contributed by atoms with van der Waals surface area (Å²) in [5.74, 6) is -4.91. The Balaban J connectivity index is 2.09. The molecule has 1 saturated heterocycles. The van der Waals surface area contributed by atoms with Crippen LogP contribution in [0.15, 0.2) is 18.2 Å². The summed E-state index contributed by atoms with van der Waals surface area (Å²) in [5.41, 5.74) is -0.368. The van der Waals surface area contributed by atoms with Gasteiger partial charge in [0.15, 0.2) is 17.5 Å². The largest absolute Gasteiger partial charge is 0.480 e. The molecule has 25 heavy (non-hydrogen) atoms.